The number of anilines is 1. The Morgan fingerprint density at radius 2 is 1.61 bits per heavy atom. The van der Waals surface area contributed by atoms with Gasteiger partial charge in [0.2, 0.25) is 5.91 Å². The summed E-state index contributed by atoms with van der Waals surface area (Å²) in [5.41, 5.74) is 3.92. The Bertz CT molecular complexity index is 901. The highest BCUT2D eigenvalue weighted by atomic mass is 16.5. The van der Waals surface area contributed by atoms with Crippen LogP contribution in [0.5, 0.6) is 0 Å². The largest absolute Gasteiger partial charge is 0.445 e. The lowest BCUT2D eigenvalue weighted by Gasteiger charge is -2.43. The maximum Gasteiger partial charge on any atom is 0.407 e. The first kappa shape index (κ1) is 21.4. The number of carbonyl (C=O) groups excluding carboxylic acids is 2. The zero-order chi connectivity index (χ0) is 21.8. The van der Waals surface area contributed by atoms with E-state index in [0.29, 0.717) is 5.92 Å². The molecular formula is C25H31N3O3. The molecule has 2 amide bonds. The molecule has 3 fully saturated rings. The number of nitrogens with one attached hydrogen (secondary N) is 2. The second-order valence-electron chi connectivity index (χ2n) is 8.88. The molecule has 6 nitrogen and oxygen atoms in total. The van der Waals surface area contributed by atoms with E-state index < -0.39 is 6.09 Å². The fourth-order valence-corrected chi connectivity index (χ4v) is 4.46. The third-order valence-electron chi connectivity index (χ3n) is 6.21. The SMILES string of the molecule is CC(C)NC(=O)OCc1ccc(-c2ccc(NC(=O)C3CN4CCC3CC4)cc2)cc1. The van der Waals surface area contributed by atoms with E-state index in [2.05, 4.69) is 15.5 Å². The van der Waals surface area contributed by atoms with Gasteiger partial charge in [0.1, 0.15) is 6.61 Å². The molecule has 3 saturated heterocycles. The minimum absolute atomic E-state index is 0.0539. The maximum absolute atomic E-state index is 12.7. The van der Waals surface area contributed by atoms with Crippen molar-refractivity contribution in [2.45, 2.75) is 39.3 Å². The van der Waals surface area contributed by atoms with Crippen LogP contribution in [0, 0.1) is 11.8 Å². The van der Waals surface area contributed by atoms with Gasteiger partial charge in [-0.1, -0.05) is 36.4 Å². The summed E-state index contributed by atoms with van der Waals surface area (Å²) in [6.45, 7) is 7.20. The summed E-state index contributed by atoms with van der Waals surface area (Å²) < 4.78 is 5.21. The number of alkyl carbamates (subject to hydrolysis) is 1. The Hall–Kier alpha value is -2.86. The third kappa shape index (κ3) is 5.44. The maximum atomic E-state index is 12.7. The Labute approximate surface area is 184 Å². The molecule has 164 valence electrons. The molecule has 0 spiro atoms. The zero-order valence-corrected chi connectivity index (χ0v) is 18.3. The minimum Gasteiger partial charge on any atom is -0.445 e. The Morgan fingerprint density at radius 3 is 2.16 bits per heavy atom. The summed E-state index contributed by atoms with van der Waals surface area (Å²) in [6, 6.07) is 16.0. The standard InChI is InChI=1S/C25H31N3O3/c1-17(2)26-25(30)31-16-18-3-5-19(6-4-18)20-7-9-22(10-8-20)27-24(29)23-15-28-13-11-21(23)12-14-28/h3-10,17,21,23H,11-16H2,1-2H3,(H,26,30)(H,27,29). The van der Waals surface area contributed by atoms with E-state index in [1.807, 2.05) is 62.4 Å². The lowest BCUT2D eigenvalue weighted by atomic mass is 9.78. The first-order chi connectivity index (χ1) is 15.0. The van der Waals surface area contributed by atoms with Gasteiger partial charge in [-0.15, -0.1) is 0 Å². The van der Waals surface area contributed by atoms with Crippen LogP contribution in [0.15, 0.2) is 48.5 Å². The summed E-state index contributed by atoms with van der Waals surface area (Å²) in [5, 5.41) is 5.81. The van der Waals surface area contributed by atoms with Gasteiger partial charge < -0.3 is 20.3 Å². The van der Waals surface area contributed by atoms with E-state index in [0.717, 1.165) is 54.9 Å². The van der Waals surface area contributed by atoms with Crippen molar-refractivity contribution in [2.75, 3.05) is 25.0 Å². The lowest BCUT2D eigenvalue weighted by molar-refractivity contribution is -0.125. The van der Waals surface area contributed by atoms with E-state index in [1.165, 1.54) is 0 Å². The van der Waals surface area contributed by atoms with Crippen molar-refractivity contribution in [3.05, 3.63) is 54.1 Å². The molecule has 2 aromatic rings. The van der Waals surface area contributed by atoms with E-state index in [-0.39, 0.29) is 24.5 Å². The lowest BCUT2D eigenvalue weighted by Crippen LogP contribution is -2.51. The monoisotopic (exact) mass is 421 g/mol. The number of rotatable bonds is 6. The van der Waals surface area contributed by atoms with Crippen molar-refractivity contribution in [1.82, 2.24) is 10.2 Å². The predicted molar refractivity (Wildman–Crippen MR) is 122 cm³/mol. The fourth-order valence-electron chi connectivity index (χ4n) is 4.46. The van der Waals surface area contributed by atoms with Crippen LogP contribution in [0.1, 0.15) is 32.3 Å². The number of amides is 2. The Kier molecular flexibility index (Phi) is 6.56. The van der Waals surface area contributed by atoms with Crippen molar-refractivity contribution >= 4 is 17.7 Å². The van der Waals surface area contributed by atoms with Crippen LogP contribution in [0.25, 0.3) is 11.1 Å². The zero-order valence-electron chi connectivity index (χ0n) is 18.3. The average molecular weight is 422 g/mol. The van der Waals surface area contributed by atoms with Crippen molar-refractivity contribution in [3.63, 3.8) is 0 Å². The van der Waals surface area contributed by atoms with Gasteiger partial charge >= 0.3 is 6.09 Å². The van der Waals surface area contributed by atoms with Crippen LogP contribution in [0.2, 0.25) is 0 Å². The summed E-state index contributed by atoms with van der Waals surface area (Å²) in [4.78, 5) is 26.7. The van der Waals surface area contributed by atoms with Crippen molar-refractivity contribution in [3.8, 4) is 11.1 Å². The van der Waals surface area contributed by atoms with Crippen molar-refractivity contribution < 1.29 is 14.3 Å². The van der Waals surface area contributed by atoms with Gasteiger partial charge in [-0.25, -0.2) is 4.79 Å². The molecule has 0 saturated carbocycles. The molecule has 3 heterocycles. The third-order valence-corrected chi connectivity index (χ3v) is 6.21. The molecule has 6 heteroatoms. The van der Waals surface area contributed by atoms with Crippen LogP contribution >= 0.6 is 0 Å². The number of hydrogen-bond acceptors (Lipinski definition) is 4. The van der Waals surface area contributed by atoms with Crippen LogP contribution < -0.4 is 10.6 Å². The minimum atomic E-state index is -0.407. The second kappa shape index (κ2) is 9.52. The summed E-state index contributed by atoms with van der Waals surface area (Å²) in [7, 11) is 0. The van der Waals surface area contributed by atoms with Crippen LogP contribution in [0.4, 0.5) is 10.5 Å². The Balaban J connectivity index is 1.31. The molecule has 31 heavy (non-hydrogen) atoms. The first-order valence-corrected chi connectivity index (χ1v) is 11.1. The molecule has 2 bridgehead atoms. The molecule has 1 atom stereocenters. The smallest absolute Gasteiger partial charge is 0.407 e. The number of ether oxygens (including phenoxy) is 1. The number of hydrogen-bond donors (Lipinski definition) is 2. The average Bonchev–Trinajstić information content (AvgIpc) is 2.79. The Morgan fingerprint density at radius 1 is 1.00 bits per heavy atom. The molecule has 0 aliphatic carbocycles. The van der Waals surface area contributed by atoms with Crippen molar-refractivity contribution in [2.24, 2.45) is 11.8 Å². The molecule has 2 aromatic carbocycles. The van der Waals surface area contributed by atoms with Gasteiger partial charge in [0.05, 0.1) is 5.92 Å². The van der Waals surface area contributed by atoms with E-state index >= 15 is 0 Å². The number of piperidine rings is 3. The predicted octanol–water partition coefficient (Wildman–Crippen LogP) is 4.27. The molecule has 5 rings (SSSR count). The van der Waals surface area contributed by atoms with E-state index in [9.17, 15) is 9.59 Å². The fraction of sp³-hybridized carbons (Fsp3) is 0.440. The summed E-state index contributed by atoms with van der Waals surface area (Å²) in [5.74, 6) is 0.788. The highest BCUT2D eigenvalue weighted by Gasteiger charge is 2.38. The molecule has 0 radical (unpaired) electrons. The van der Waals surface area contributed by atoms with Gasteiger partial charge in [0, 0.05) is 18.3 Å². The normalized spacial score (nSPS) is 22.2. The quantitative estimate of drug-likeness (QED) is 0.731. The topological polar surface area (TPSA) is 70.7 Å². The van der Waals surface area contributed by atoms with Crippen molar-refractivity contribution in [1.29, 1.82) is 0 Å². The van der Waals surface area contributed by atoms with Crippen LogP contribution in [-0.4, -0.2) is 42.6 Å². The highest BCUT2D eigenvalue weighted by molar-refractivity contribution is 5.93. The van der Waals surface area contributed by atoms with Gasteiger partial charge in [0.25, 0.3) is 0 Å². The second-order valence-corrected chi connectivity index (χ2v) is 8.88. The molecule has 3 aliphatic rings. The summed E-state index contributed by atoms with van der Waals surface area (Å²) >= 11 is 0. The van der Waals surface area contributed by atoms with Crippen LogP contribution in [0.3, 0.4) is 0 Å². The number of fused-ring (bicyclic) bond motifs is 3. The van der Waals surface area contributed by atoms with Gasteiger partial charge in [-0.3, -0.25) is 4.79 Å². The summed E-state index contributed by atoms with van der Waals surface area (Å²) in [6.07, 6.45) is 1.87. The molecular weight excluding hydrogens is 390 g/mol. The number of nitrogens with zero attached hydrogens (tertiary/aromatic N) is 1. The van der Waals surface area contributed by atoms with Gasteiger partial charge in [-0.05, 0) is 74.5 Å². The first-order valence-electron chi connectivity index (χ1n) is 11.1. The molecule has 2 N–H and O–H groups in total. The molecule has 3 aliphatic heterocycles. The molecule has 0 aromatic heterocycles. The van der Waals surface area contributed by atoms with E-state index in [4.69, 9.17) is 4.74 Å². The van der Waals surface area contributed by atoms with Gasteiger partial charge in [-0.2, -0.15) is 0 Å². The number of carbonyl (C=O) groups is 2. The van der Waals surface area contributed by atoms with Gasteiger partial charge in [0.15, 0.2) is 0 Å². The molecule has 1 unspecified atom stereocenters. The highest BCUT2D eigenvalue weighted by Crippen LogP contribution is 2.33. The van der Waals surface area contributed by atoms with Crippen LogP contribution in [-0.2, 0) is 16.1 Å². The van der Waals surface area contributed by atoms with E-state index in [1.54, 1.807) is 0 Å². The number of benzene rings is 2.